The quantitative estimate of drug-likeness (QED) is 0.151. The number of hydrogen-bond donors (Lipinski definition) is 2. The van der Waals surface area contributed by atoms with Gasteiger partial charge in [-0.15, -0.1) is 0 Å². The number of amidine groups is 1. The molecule has 5 aliphatic heterocycles. The van der Waals surface area contributed by atoms with Crippen molar-refractivity contribution in [2.75, 3.05) is 46.1 Å². The van der Waals surface area contributed by atoms with Gasteiger partial charge in [0.2, 0.25) is 0 Å². The fourth-order valence-electron chi connectivity index (χ4n) is 10.2. The Morgan fingerprint density at radius 3 is 1.71 bits per heavy atom. The normalized spacial score (nSPS) is 22.7. The zero-order valence-electron chi connectivity index (χ0n) is 35.0. The van der Waals surface area contributed by atoms with E-state index in [4.69, 9.17) is 28.9 Å². The van der Waals surface area contributed by atoms with Crippen LogP contribution in [-0.4, -0.2) is 89.9 Å². The summed E-state index contributed by atoms with van der Waals surface area (Å²) in [5.74, 6) is 1.64. The van der Waals surface area contributed by atoms with Crippen LogP contribution in [0.3, 0.4) is 0 Å². The van der Waals surface area contributed by atoms with Gasteiger partial charge < -0.3 is 29.2 Å². The lowest BCUT2D eigenvalue weighted by Crippen LogP contribution is -2.45. The van der Waals surface area contributed by atoms with Crippen LogP contribution in [0.5, 0.6) is 0 Å². The second-order valence-corrected chi connectivity index (χ2v) is 17.8. The number of aromatic amines is 1. The van der Waals surface area contributed by atoms with Gasteiger partial charge in [0.15, 0.2) is 0 Å². The minimum atomic E-state index is -0.312. The van der Waals surface area contributed by atoms with Gasteiger partial charge in [-0.25, -0.2) is 14.6 Å². The number of rotatable bonds is 9. The van der Waals surface area contributed by atoms with Gasteiger partial charge in [0.25, 0.3) is 0 Å². The number of ether oxygens (including phenoxy) is 4. The Kier molecular flexibility index (Phi) is 11.3. The van der Waals surface area contributed by atoms with Gasteiger partial charge >= 0.3 is 12.2 Å². The Bertz CT molecular complexity index is 2360. The van der Waals surface area contributed by atoms with Crippen molar-refractivity contribution in [3.63, 3.8) is 0 Å². The molecule has 12 heteroatoms. The highest BCUT2D eigenvalue weighted by Crippen LogP contribution is 2.49. The van der Waals surface area contributed by atoms with E-state index in [9.17, 15) is 9.59 Å². The summed E-state index contributed by atoms with van der Waals surface area (Å²) in [5, 5.41) is 3.70. The number of aromatic nitrogens is 2. The van der Waals surface area contributed by atoms with E-state index in [1.807, 2.05) is 76.7 Å². The lowest BCUT2D eigenvalue weighted by Gasteiger charge is -2.32. The van der Waals surface area contributed by atoms with Crippen molar-refractivity contribution in [3.05, 3.63) is 138 Å². The molecule has 0 aliphatic carbocycles. The molecule has 12 nitrogen and oxygen atoms in total. The molecule has 2 spiro atoms. The average Bonchev–Trinajstić information content (AvgIpc) is 4.15. The molecular formula is C50H54N6O6. The molecule has 4 saturated heterocycles. The number of hydrogen-bond acceptors (Lipinski definition) is 9. The van der Waals surface area contributed by atoms with Gasteiger partial charge in [0.1, 0.15) is 24.9 Å². The molecule has 4 fully saturated rings. The van der Waals surface area contributed by atoms with E-state index in [1.54, 1.807) is 0 Å². The van der Waals surface area contributed by atoms with Crippen LogP contribution in [-0.2, 0) is 32.2 Å². The fraction of sp³-hybridized carbons (Fsp3) is 0.400. The Hall–Kier alpha value is -5.98. The molecule has 0 radical (unpaired) electrons. The maximum absolute atomic E-state index is 13.6. The van der Waals surface area contributed by atoms with E-state index in [1.165, 1.54) is 0 Å². The first kappa shape index (κ1) is 40.1. The summed E-state index contributed by atoms with van der Waals surface area (Å²) in [6, 6.07) is 36.4. The fourth-order valence-corrected chi connectivity index (χ4v) is 10.2. The highest BCUT2D eigenvalue weighted by Gasteiger charge is 2.50. The summed E-state index contributed by atoms with van der Waals surface area (Å²) in [7, 11) is 0. The molecule has 1 unspecified atom stereocenters. The number of nitrogens with zero attached hydrogens (tertiary/aromatic N) is 4. The van der Waals surface area contributed by atoms with Crippen LogP contribution in [0, 0.1) is 10.8 Å². The maximum Gasteiger partial charge on any atom is 0.410 e. The van der Waals surface area contributed by atoms with Crippen molar-refractivity contribution in [1.29, 1.82) is 0 Å². The number of likely N-dealkylation sites (tertiary alicyclic amines) is 2. The lowest BCUT2D eigenvalue weighted by atomic mass is 9.78. The van der Waals surface area contributed by atoms with E-state index in [0.29, 0.717) is 46.1 Å². The Morgan fingerprint density at radius 2 is 1.15 bits per heavy atom. The highest BCUT2D eigenvalue weighted by atomic mass is 16.6. The largest absolute Gasteiger partial charge is 0.445 e. The summed E-state index contributed by atoms with van der Waals surface area (Å²) < 4.78 is 23.1. The third-order valence-corrected chi connectivity index (χ3v) is 13.8. The third kappa shape index (κ3) is 8.45. The topological polar surface area (TPSA) is 131 Å². The Labute approximate surface area is 362 Å². The SMILES string of the molecule is O=C(OCc1ccccc1)N1CC2(CCOCC2)C[C@H]1C1=NCC(c2ccc(-c3ccc(-c4cnc([C@@H]5CC6(CCOCC6)CN5C(=O)OCc5ccccc5)[nH]4)cc3)cc2)N1. The van der Waals surface area contributed by atoms with E-state index < -0.39 is 0 Å². The van der Waals surface area contributed by atoms with E-state index in [2.05, 4.69) is 58.8 Å². The molecule has 62 heavy (non-hydrogen) atoms. The van der Waals surface area contributed by atoms with Crippen LogP contribution < -0.4 is 5.32 Å². The highest BCUT2D eigenvalue weighted by molar-refractivity contribution is 5.92. The van der Waals surface area contributed by atoms with Gasteiger partial charge in [-0.1, -0.05) is 109 Å². The number of carbonyl (C=O) groups excluding carboxylic acids is 2. The summed E-state index contributed by atoms with van der Waals surface area (Å²) in [5.41, 5.74) is 7.24. The molecule has 1 aromatic heterocycles. The first-order valence-electron chi connectivity index (χ1n) is 22.1. The van der Waals surface area contributed by atoms with Gasteiger partial charge in [0, 0.05) is 39.5 Å². The number of amides is 2. The Morgan fingerprint density at radius 1 is 0.645 bits per heavy atom. The lowest BCUT2D eigenvalue weighted by molar-refractivity contribution is 0.0181. The van der Waals surface area contributed by atoms with Crippen LogP contribution in [0.25, 0.3) is 22.4 Å². The van der Waals surface area contributed by atoms with Crippen LogP contribution in [0.2, 0.25) is 0 Å². The number of nitrogens with one attached hydrogen (secondary N) is 2. The molecule has 10 rings (SSSR count). The van der Waals surface area contributed by atoms with Crippen LogP contribution in [0.1, 0.15) is 73.1 Å². The molecule has 4 aromatic carbocycles. The molecule has 320 valence electrons. The van der Waals surface area contributed by atoms with Crippen molar-refractivity contribution in [3.8, 4) is 22.4 Å². The van der Waals surface area contributed by atoms with Crippen molar-refractivity contribution >= 4 is 18.0 Å². The molecule has 3 atom stereocenters. The average molecular weight is 835 g/mol. The molecule has 2 amide bonds. The van der Waals surface area contributed by atoms with Crippen LogP contribution in [0.15, 0.2) is 120 Å². The first-order valence-corrected chi connectivity index (χ1v) is 22.1. The first-order chi connectivity index (χ1) is 30.4. The molecule has 5 aromatic rings. The standard InChI is InChI=1S/C50H54N6O6/c57-47(61-31-35-7-3-1-4-8-35)55-33-49(19-23-59-24-20-49)27-43(55)45-51-29-41(53-45)39-15-11-37(12-16-39)38-13-17-40(18-14-38)42-30-52-46(54-42)44-28-50(21-25-60-26-22-50)34-56(44)48(58)62-32-36-9-5-2-6-10-36/h1-18,29,42-44H,19-28,30-34H2,(H,51,53)(H,52,54)/t42?,43-,44-/m0/s1. The smallest absolute Gasteiger partial charge is 0.410 e. The summed E-state index contributed by atoms with van der Waals surface area (Å²) in [6.45, 7) is 5.21. The molecule has 5 aliphatic rings. The molecule has 6 heterocycles. The zero-order chi connectivity index (χ0) is 41.9. The summed E-state index contributed by atoms with van der Waals surface area (Å²) in [6.07, 6.45) is 6.62. The third-order valence-electron chi connectivity index (χ3n) is 13.8. The monoisotopic (exact) mass is 834 g/mol. The van der Waals surface area contributed by atoms with Crippen LogP contribution in [0.4, 0.5) is 9.59 Å². The predicted octanol–water partition coefficient (Wildman–Crippen LogP) is 8.87. The van der Waals surface area contributed by atoms with E-state index >= 15 is 0 Å². The summed E-state index contributed by atoms with van der Waals surface area (Å²) in [4.78, 5) is 44.4. The van der Waals surface area contributed by atoms with E-state index in [0.717, 1.165) is 89.3 Å². The molecule has 0 bridgehead atoms. The number of aliphatic imine (C=N–C) groups is 1. The number of H-pyrrole nitrogens is 1. The number of benzene rings is 4. The van der Waals surface area contributed by atoms with Crippen molar-refractivity contribution in [2.45, 2.75) is 69.9 Å². The molecule has 2 N–H and O–H groups in total. The van der Waals surface area contributed by atoms with Crippen molar-refractivity contribution < 1.29 is 28.5 Å². The Balaban J connectivity index is 0.785. The predicted molar refractivity (Wildman–Crippen MR) is 235 cm³/mol. The molecule has 0 saturated carbocycles. The van der Waals surface area contributed by atoms with Crippen molar-refractivity contribution in [1.82, 2.24) is 25.1 Å². The van der Waals surface area contributed by atoms with Gasteiger partial charge in [-0.2, -0.15) is 0 Å². The second-order valence-electron chi connectivity index (χ2n) is 17.8. The minimum absolute atomic E-state index is 0.00805. The van der Waals surface area contributed by atoms with Crippen molar-refractivity contribution in [2.24, 2.45) is 15.8 Å². The van der Waals surface area contributed by atoms with Gasteiger partial charge in [-0.05, 0) is 82.7 Å². The van der Waals surface area contributed by atoms with Crippen LogP contribution >= 0.6 is 0 Å². The number of imidazole rings is 1. The molecular weight excluding hydrogens is 781 g/mol. The van der Waals surface area contributed by atoms with Gasteiger partial charge in [0.05, 0.1) is 36.6 Å². The maximum atomic E-state index is 13.6. The number of carbonyl (C=O) groups is 2. The van der Waals surface area contributed by atoms with Gasteiger partial charge in [-0.3, -0.25) is 14.8 Å². The minimum Gasteiger partial charge on any atom is -0.445 e. The zero-order valence-corrected chi connectivity index (χ0v) is 35.0. The summed E-state index contributed by atoms with van der Waals surface area (Å²) >= 11 is 0. The second kappa shape index (κ2) is 17.4. The van der Waals surface area contributed by atoms with E-state index in [-0.39, 0.29) is 54.4 Å².